The van der Waals surface area contributed by atoms with E-state index in [1.165, 1.54) is 40.3 Å². The van der Waals surface area contributed by atoms with E-state index in [0.717, 1.165) is 12.8 Å². The van der Waals surface area contributed by atoms with Crippen LogP contribution >= 0.6 is 0 Å². The Labute approximate surface area is 171 Å². The number of nitrogens with one attached hydrogen (secondary N) is 1. The Kier molecular flexibility index (Phi) is 5.21. The molecular weight excluding hydrogens is 362 g/mol. The number of carboxylic acids is 1. The molecule has 0 spiro atoms. The predicted molar refractivity (Wildman–Crippen MR) is 116 cm³/mol. The van der Waals surface area contributed by atoms with Gasteiger partial charge >= 0.3 is 5.97 Å². The first-order valence-corrected chi connectivity index (χ1v) is 9.87. The molecule has 1 heterocycles. The van der Waals surface area contributed by atoms with Gasteiger partial charge in [-0.05, 0) is 66.8 Å². The molecule has 2 N–H and O–H groups in total. The van der Waals surface area contributed by atoms with Crippen molar-refractivity contribution in [2.75, 3.05) is 23.8 Å². The average Bonchev–Trinajstić information content (AvgIpc) is 3.14. The lowest BCUT2D eigenvalue weighted by atomic mass is 10.0. The fourth-order valence-corrected chi connectivity index (χ4v) is 4.05. The van der Waals surface area contributed by atoms with E-state index in [4.69, 9.17) is 0 Å². The van der Waals surface area contributed by atoms with Gasteiger partial charge in [0, 0.05) is 37.1 Å². The second kappa shape index (κ2) is 7.95. The molecule has 0 aliphatic heterocycles. The molecule has 0 bridgehead atoms. The predicted octanol–water partition coefficient (Wildman–Crippen LogP) is 5.00. The molecule has 0 radical (unpaired) electrons. The number of rotatable bonds is 6. The minimum absolute atomic E-state index is 0.258. The van der Waals surface area contributed by atoms with Gasteiger partial charge in [-0.25, -0.2) is 4.79 Å². The number of aryl methyl sites for hydroxylation is 2. The molecule has 29 heavy (non-hydrogen) atoms. The maximum atomic E-state index is 11.4. The Morgan fingerprint density at radius 2 is 2.03 bits per heavy atom. The fourth-order valence-electron chi connectivity index (χ4n) is 4.05. The summed E-state index contributed by atoms with van der Waals surface area (Å²) in [7, 11) is 2.10. The average molecular weight is 387 g/mol. The van der Waals surface area contributed by atoms with Crippen LogP contribution in [0.2, 0.25) is 0 Å². The van der Waals surface area contributed by atoms with Crippen LogP contribution in [-0.4, -0.2) is 29.7 Å². The molecule has 3 aromatic rings. The lowest BCUT2D eigenvalue weighted by molar-refractivity contribution is 0.0698. The van der Waals surface area contributed by atoms with Crippen molar-refractivity contribution in [3.8, 4) is 0 Å². The van der Waals surface area contributed by atoms with Crippen molar-refractivity contribution >= 4 is 23.0 Å². The van der Waals surface area contributed by atoms with E-state index in [0.29, 0.717) is 18.2 Å². The van der Waals surface area contributed by atoms with Gasteiger partial charge in [-0.3, -0.25) is 4.98 Å². The van der Waals surface area contributed by atoms with Crippen LogP contribution in [0.1, 0.15) is 39.4 Å². The number of carboxylic acid groups (broad SMARTS) is 1. The normalized spacial score (nSPS) is 15.0. The lowest BCUT2D eigenvalue weighted by Crippen LogP contribution is -2.13. The van der Waals surface area contributed by atoms with Gasteiger partial charge in [-0.2, -0.15) is 0 Å². The van der Waals surface area contributed by atoms with Gasteiger partial charge in [0.2, 0.25) is 0 Å². The number of carbonyl (C=O) groups is 1. The first-order valence-electron chi connectivity index (χ1n) is 9.87. The summed E-state index contributed by atoms with van der Waals surface area (Å²) in [5, 5.41) is 12.6. The summed E-state index contributed by atoms with van der Waals surface area (Å²) in [4.78, 5) is 17.7. The van der Waals surface area contributed by atoms with Crippen LogP contribution in [0.25, 0.3) is 0 Å². The number of hydrogen-bond acceptors (Lipinski definition) is 4. The highest BCUT2D eigenvalue weighted by atomic mass is 16.4. The molecule has 0 saturated heterocycles. The molecule has 1 aliphatic rings. The summed E-state index contributed by atoms with van der Waals surface area (Å²) in [5.41, 5.74) is 7.16. The molecule has 2 aromatic carbocycles. The highest BCUT2D eigenvalue weighted by Crippen LogP contribution is 2.37. The number of pyridine rings is 1. The summed E-state index contributed by atoms with van der Waals surface area (Å²) in [6.45, 7) is 2.81. The van der Waals surface area contributed by atoms with Crippen LogP contribution in [0, 0.1) is 6.92 Å². The van der Waals surface area contributed by atoms with E-state index in [9.17, 15) is 9.90 Å². The van der Waals surface area contributed by atoms with Crippen molar-refractivity contribution < 1.29 is 9.90 Å². The number of fused-ring (bicyclic) bond motifs is 1. The van der Waals surface area contributed by atoms with Crippen molar-refractivity contribution in [3.63, 3.8) is 0 Å². The van der Waals surface area contributed by atoms with Gasteiger partial charge in [0.1, 0.15) is 0 Å². The Morgan fingerprint density at radius 3 is 2.83 bits per heavy atom. The molecule has 0 saturated carbocycles. The summed E-state index contributed by atoms with van der Waals surface area (Å²) in [6.07, 6.45) is 5.18. The van der Waals surface area contributed by atoms with Crippen LogP contribution < -0.4 is 10.2 Å². The second-order valence-corrected chi connectivity index (χ2v) is 7.62. The highest BCUT2D eigenvalue weighted by Gasteiger charge is 2.23. The third kappa shape index (κ3) is 3.94. The highest BCUT2D eigenvalue weighted by molar-refractivity contribution is 5.93. The monoisotopic (exact) mass is 387 g/mol. The maximum absolute atomic E-state index is 11.4. The quantitative estimate of drug-likeness (QED) is 0.623. The van der Waals surface area contributed by atoms with Crippen LogP contribution in [-0.2, 0) is 6.42 Å². The van der Waals surface area contributed by atoms with Gasteiger partial charge in [0.15, 0.2) is 0 Å². The zero-order valence-corrected chi connectivity index (χ0v) is 16.7. The summed E-state index contributed by atoms with van der Waals surface area (Å²) < 4.78 is 0. The molecule has 5 nitrogen and oxygen atoms in total. The maximum Gasteiger partial charge on any atom is 0.337 e. The van der Waals surface area contributed by atoms with Crippen molar-refractivity contribution in [2.24, 2.45) is 0 Å². The third-order valence-electron chi connectivity index (χ3n) is 5.70. The fraction of sp³-hybridized carbons (Fsp3) is 0.250. The molecule has 0 amide bonds. The number of aromatic carboxylic acids is 1. The standard InChI is InChI=1S/C24H25N3O2/c1-16-4-3-5-19(12-16)27(2)20-8-9-21-17(13-20)6-7-18(21)14-26-23-15-25-11-10-22(23)24(28)29/h3-5,8-13,15,18,26H,6-7,14H2,1-2H3,(H,28,29)/t18-/m0/s1. The van der Waals surface area contributed by atoms with E-state index in [1.807, 2.05) is 0 Å². The van der Waals surface area contributed by atoms with Gasteiger partial charge in [0.25, 0.3) is 0 Å². The van der Waals surface area contributed by atoms with Gasteiger partial charge < -0.3 is 15.3 Å². The summed E-state index contributed by atoms with van der Waals surface area (Å²) in [5.74, 6) is -0.573. The smallest absolute Gasteiger partial charge is 0.337 e. The largest absolute Gasteiger partial charge is 0.478 e. The number of hydrogen-bond donors (Lipinski definition) is 2. The first kappa shape index (κ1) is 19.0. The van der Waals surface area contributed by atoms with Gasteiger partial charge in [-0.1, -0.05) is 18.2 Å². The van der Waals surface area contributed by atoms with E-state index < -0.39 is 5.97 Å². The van der Waals surface area contributed by atoms with Crippen LogP contribution in [0.15, 0.2) is 60.9 Å². The van der Waals surface area contributed by atoms with Gasteiger partial charge in [-0.15, -0.1) is 0 Å². The van der Waals surface area contributed by atoms with Crippen molar-refractivity contribution in [3.05, 3.63) is 83.2 Å². The van der Waals surface area contributed by atoms with E-state index in [2.05, 4.69) is 71.6 Å². The van der Waals surface area contributed by atoms with Crippen LogP contribution in [0.3, 0.4) is 0 Å². The van der Waals surface area contributed by atoms with E-state index >= 15 is 0 Å². The van der Waals surface area contributed by atoms with Gasteiger partial charge in [0.05, 0.1) is 17.4 Å². The van der Waals surface area contributed by atoms with Crippen molar-refractivity contribution in [1.29, 1.82) is 0 Å². The number of benzene rings is 2. The number of anilines is 3. The van der Waals surface area contributed by atoms with Crippen LogP contribution in [0.5, 0.6) is 0 Å². The zero-order chi connectivity index (χ0) is 20.4. The first-order chi connectivity index (χ1) is 14.0. The minimum atomic E-state index is -0.939. The minimum Gasteiger partial charge on any atom is -0.478 e. The SMILES string of the molecule is Cc1cccc(N(C)c2ccc3c(c2)CC[C@H]3CNc2cnccc2C(=O)O)c1. The van der Waals surface area contributed by atoms with E-state index in [1.54, 1.807) is 6.20 Å². The second-order valence-electron chi connectivity index (χ2n) is 7.62. The van der Waals surface area contributed by atoms with Crippen molar-refractivity contribution in [2.45, 2.75) is 25.7 Å². The summed E-state index contributed by atoms with van der Waals surface area (Å²) >= 11 is 0. The Bertz CT molecular complexity index is 1050. The molecule has 148 valence electrons. The van der Waals surface area contributed by atoms with E-state index in [-0.39, 0.29) is 5.56 Å². The lowest BCUT2D eigenvalue weighted by Gasteiger charge is -2.21. The zero-order valence-electron chi connectivity index (χ0n) is 16.7. The Balaban J connectivity index is 1.50. The molecule has 1 aliphatic carbocycles. The topological polar surface area (TPSA) is 65.5 Å². The molecule has 0 fully saturated rings. The van der Waals surface area contributed by atoms with Crippen LogP contribution in [0.4, 0.5) is 17.1 Å². The number of nitrogens with zero attached hydrogens (tertiary/aromatic N) is 2. The van der Waals surface area contributed by atoms with Crippen molar-refractivity contribution in [1.82, 2.24) is 4.98 Å². The molecular formula is C24H25N3O2. The Morgan fingerprint density at radius 1 is 1.21 bits per heavy atom. The third-order valence-corrected chi connectivity index (χ3v) is 5.70. The molecule has 5 heteroatoms. The Hall–Kier alpha value is -3.34. The molecule has 1 atom stereocenters. The summed E-state index contributed by atoms with van der Waals surface area (Å²) in [6, 6.07) is 16.7. The number of aromatic nitrogens is 1. The molecule has 4 rings (SSSR count). The molecule has 1 aromatic heterocycles. The molecule has 0 unspecified atom stereocenters.